The van der Waals surface area contributed by atoms with E-state index in [2.05, 4.69) is 0 Å². The topological polar surface area (TPSA) is 29.1 Å². The van der Waals surface area contributed by atoms with E-state index in [9.17, 15) is 35.5 Å². The van der Waals surface area contributed by atoms with Crippen LogP contribution in [0.15, 0.2) is 30.3 Å². The molecular formula is C15H8F7NO. The van der Waals surface area contributed by atoms with Crippen molar-refractivity contribution >= 4 is 5.91 Å². The van der Waals surface area contributed by atoms with Crippen LogP contribution in [0.1, 0.15) is 21.5 Å². The van der Waals surface area contributed by atoms with E-state index in [0.717, 1.165) is 12.1 Å². The predicted octanol–water partition coefficient (Wildman–Crippen LogP) is 4.19. The maximum absolute atomic E-state index is 13.0. The third kappa shape index (κ3) is 3.84. The van der Waals surface area contributed by atoms with E-state index in [0.29, 0.717) is 12.1 Å². The van der Waals surface area contributed by atoms with Gasteiger partial charge in [0.25, 0.3) is 5.91 Å². The number of nitrogens with one attached hydrogen (secondary N) is 1. The first-order chi connectivity index (χ1) is 11.1. The zero-order valence-electron chi connectivity index (χ0n) is 11.6. The maximum atomic E-state index is 13.0. The van der Waals surface area contributed by atoms with E-state index in [1.54, 1.807) is 0 Å². The Hall–Kier alpha value is -2.58. The van der Waals surface area contributed by atoms with Crippen LogP contribution in [0.5, 0.6) is 0 Å². The molecule has 0 unspecified atom stereocenters. The third-order valence-electron chi connectivity index (χ3n) is 3.06. The number of carbonyl (C=O) groups is 1. The van der Waals surface area contributed by atoms with Gasteiger partial charge in [-0.05, 0) is 29.8 Å². The van der Waals surface area contributed by atoms with Crippen LogP contribution in [0.25, 0.3) is 0 Å². The first kappa shape index (κ1) is 17.8. The van der Waals surface area contributed by atoms with Gasteiger partial charge >= 0.3 is 6.18 Å². The quantitative estimate of drug-likeness (QED) is 0.652. The Balaban J connectivity index is 2.21. The molecule has 2 nitrogen and oxygen atoms in total. The number of benzene rings is 2. The van der Waals surface area contributed by atoms with Crippen molar-refractivity contribution in [1.29, 1.82) is 0 Å². The highest BCUT2D eigenvalue weighted by Gasteiger charge is 2.33. The van der Waals surface area contributed by atoms with E-state index < -0.39 is 58.6 Å². The lowest BCUT2D eigenvalue weighted by Crippen LogP contribution is -2.25. The van der Waals surface area contributed by atoms with Crippen molar-refractivity contribution in [3.63, 3.8) is 0 Å². The van der Waals surface area contributed by atoms with Crippen molar-refractivity contribution in [2.45, 2.75) is 12.7 Å². The molecule has 0 heterocycles. The van der Waals surface area contributed by atoms with Gasteiger partial charge in [-0.25, -0.2) is 17.6 Å². The summed E-state index contributed by atoms with van der Waals surface area (Å²) in [4.78, 5) is 11.7. The first-order valence-corrected chi connectivity index (χ1v) is 6.38. The molecule has 0 aliphatic carbocycles. The second-order valence-corrected chi connectivity index (χ2v) is 4.74. The van der Waals surface area contributed by atoms with Crippen molar-refractivity contribution in [2.75, 3.05) is 0 Å². The monoisotopic (exact) mass is 351 g/mol. The molecule has 128 valence electrons. The van der Waals surface area contributed by atoms with Crippen LogP contribution in [0, 0.1) is 23.3 Å². The van der Waals surface area contributed by atoms with Crippen LogP contribution in [-0.2, 0) is 12.7 Å². The molecule has 0 saturated carbocycles. The molecule has 1 amide bonds. The number of halogens is 7. The highest BCUT2D eigenvalue weighted by atomic mass is 19.4. The Morgan fingerprint density at radius 1 is 0.958 bits per heavy atom. The fourth-order valence-electron chi connectivity index (χ4n) is 1.93. The Labute approximate surface area is 130 Å². The van der Waals surface area contributed by atoms with Crippen LogP contribution >= 0.6 is 0 Å². The summed E-state index contributed by atoms with van der Waals surface area (Å²) in [5, 5.41) is 2.00. The van der Waals surface area contributed by atoms with Crippen molar-refractivity contribution in [1.82, 2.24) is 5.32 Å². The zero-order valence-corrected chi connectivity index (χ0v) is 11.6. The lowest BCUT2D eigenvalue weighted by atomic mass is 10.1. The number of hydrogen-bond donors (Lipinski definition) is 1. The molecule has 0 saturated heterocycles. The van der Waals surface area contributed by atoms with Gasteiger partial charge < -0.3 is 5.32 Å². The minimum absolute atomic E-state index is 0.263. The molecule has 1 N–H and O–H groups in total. The minimum Gasteiger partial charge on any atom is -0.348 e. The zero-order chi connectivity index (χ0) is 18.1. The van der Waals surface area contributed by atoms with Crippen LogP contribution in [0.3, 0.4) is 0 Å². The summed E-state index contributed by atoms with van der Waals surface area (Å²) in [6.07, 6.45) is -4.85. The maximum Gasteiger partial charge on any atom is 0.416 e. The lowest BCUT2D eigenvalue weighted by molar-refractivity contribution is -0.138. The first-order valence-electron chi connectivity index (χ1n) is 6.38. The Kier molecular flexibility index (Phi) is 4.81. The standard InChI is InChI=1S/C15H8F7NO/c16-9-2-1-7(10(5-9)15(20,21)22)6-23-14(24)8-3-11(17)13(19)12(18)4-8/h1-5H,6H2,(H,23,24). The molecule has 0 spiro atoms. The van der Waals surface area contributed by atoms with E-state index >= 15 is 0 Å². The van der Waals surface area contributed by atoms with Gasteiger partial charge in [-0.2, -0.15) is 13.2 Å². The molecule has 2 aromatic carbocycles. The van der Waals surface area contributed by atoms with Gasteiger partial charge in [0.1, 0.15) is 5.82 Å². The average molecular weight is 351 g/mol. The molecular weight excluding hydrogens is 343 g/mol. The van der Waals surface area contributed by atoms with Crippen LogP contribution in [-0.4, -0.2) is 5.91 Å². The van der Waals surface area contributed by atoms with Crippen LogP contribution in [0.4, 0.5) is 30.7 Å². The third-order valence-corrected chi connectivity index (χ3v) is 3.06. The summed E-state index contributed by atoms with van der Waals surface area (Å²) in [6, 6.07) is 2.67. The smallest absolute Gasteiger partial charge is 0.348 e. The Morgan fingerprint density at radius 2 is 1.54 bits per heavy atom. The van der Waals surface area contributed by atoms with Crippen molar-refractivity contribution in [2.24, 2.45) is 0 Å². The fraction of sp³-hybridized carbons (Fsp3) is 0.133. The SMILES string of the molecule is O=C(NCc1ccc(F)cc1C(F)(F)F)c1cc(F)c(F)c(F)c1. The van der Waals surface area contributed by atoms with Gasteiger partial charge in [0.15, 0.2) is 17.5 Å². The molecule has 0 aliphatic rings. The van der Waals surface area contributed by atoms with E-state index in [-0.39, 0.29) is 6.07 Å². The van der Waals surface area contributed by atoms with Crippen LogP contribution in [0.2, 0.25) is 0 Å². The van der Waals surface area contributed by atoms with Gasteiger partial charge in [-0.3, -0.25) is 4.79 Å². The molecule has 2 rings (SSSR count). The molecule has 2 aromatic rings. The number of carbonyl (C=O) groups excluding carboxylic acids is 1. The second-order valence-electron chi connectivity index (χ2n) is 4.74. The largest absolute Gasteiger partial charge is 0.416 e. The van der Waals surface area contributed by atoms with Gasteiger partial charge in [0.2, 0.25) is 0 Å². The molecule has 0 fully saturated rings. The molecule has 0 aromatic heterocycles. The van der Waals surface area contributed by atoms with E-state index in [4.69, 9.17) is 0 Å². The summed E-state index contributed by atoms with van der Waals surface area (Å²) >= 11 is 0. The second kappa shape index (κ2) is 6.50. The molecule has 0 radical (unpaired) electrons. The molecule has 9 heteroatoms. The molecule has 0 aliphatic heterocycles. The molecule has 24 heavy (non-hydrogen) atoms. The summed E-state index contributed by atoms with van der Waals surface area (Å²) in [7, 11) is 0. The van der Waals surface area contributed by atoms with E-state index in [1.165, 1.54) is 0 Å². The van der Waals surface area contributed by atoms with Gasteiger partial charge in [-0.1, -0.05) is 6.07 Å². The highest BCUT2D eigenvalue weighted by Crippen LogP contribution is 2.32. The van der Waals surface area contributed by atoms with Gasteiger partial charge in [-0.15, -0.1) is 0 Å². The van der Waals surface area contributed by atoms with Gasteiger partial charge in [0.05, 0.1) is 5.56 Å². The number of hydrogen-bond acceptors (Lipinski definition) is 1. The minimum atomic E-state index is -4.85. The Bertz CT molecular complexity index is 763. The average Bonchev–Trinajstić information content (AvgIpc) is 2.49. The van der Waals surface area contributed by atoms with Crippen molar-refractivity contribution in [3.05, 3.63) is 70.3 Å². The number of amides is 1. The lowest BCUT2D eigenvalue weighted by Gasteiger charge is -2.13. The summed E-state index contributed by atoms with van der Waals surface area (Å²) < 4.78 is 90.3. The Morgan fingerprint density at radius 3 is 2.08 bits per heavy atom. The summed E-state index contributed by atoms with van der Waals surface area (Å²) in [5.74, 6) is -7.23. The van der Waals surface area contributed by atoms with Crippen molar-refractivity contribution in [3.8, 4) is 0 Å². The normalized spacial score (nSPS) is 11.5. The summed E-state index contributed by atoms with van der Waals surface area (Å²) in [5.41, 5.74) is -2.35. The highest BCUT2D eigenvalue weighted by molar-refractivity contribution is 5.94. The molecule has 0 bridgehead atoms. The molecule has 0 atom stereocenters. The fourth-order valence-corrected chi connectivity index (χ4v) is 1.93. The number of rotatable bonds is 3. The van der Waals surface area contributed by atoms with Crippen LogP contribution < -0.4 is 5.32 Å². The van der Waals surface area contributed by atoms with Gasteiger partial charge in [0, 0.05) is 12.1 Å². The number of alkyl halides is 3. The van der Waals surface area contributed by atoms with Crippen molar-refractivity contribution < 1.29 is 35.5 Å². The summed E-state index contributed by atoms with van der Waals surface area (Å²) in [6.45, 7) is -0.672. The predicted molar refractivity (Wildman–Crippen MR) is 68.9 cm³/mol. The van der Waals surface area contributed by atoms with E-state index in [1.807, 2.05) is 5.32 Å².